The third kappa shape index (κ3) is 3.85. The van der Waals surface area contributed by atoms with Gasteiger partial charge in [-0.2, -0.15) is 0 Å². The fourth-order valence-electron chi connectivity index (χ4n) is 1.33. The van der Waals surface area contributed by atoms with Crippen LogP contribution in [0.3, 0.4) is 0 Å². The van der Waals surface area contributed by atoms with Crippen LogP contribution < -0.4 is 0 Å². The summed E-state index contributed by atoms with van der Waals surface area (Å²) in [5, 5.41) is 0. The third-order valence-corrected chi connectivity index (χ3v) is 2.14. The average Bonchev–Trinajstić information content (AvgIpc) is 2.32. The molecule has 1 rings (SSSR count). The summed E-state index contributed by atoms with van der Waals surface area (Å²) in [6.45, 7) is 15.6. The highest BCUT2D eigenvalue weighted by Crippen LogP contribution is 2.20. The van der Waals surface area contributed by atoms with Crippen molar-refractivity contribution >= 4 is 5.57 Å². The van der Waals surface area contributed by atoms with Gasteiger partial charge in [-0.3, -0.25) is 4.98 Å². The summed E-state index contributed by atoms with van der Waals surface area (Å²) in [6, 6.07) is 4.03. The van der Waals surface area contributed by atoms with Gasteiger partial charge in [0, 0.05) is 11.9 Å². The first-order valence-corrected chi connectivity index (χ1v) is 5.58. The van der Waals surface area contributed by atoms with E-state index in [1.54, 1.807) is 0 Å². The van der Waals surface area contributed by atoms with Crippen molar-refractivity contribution in [3.63, 3.8) is 0 Å². The largest absolute Gasteiger partial charge is 0.262 e. The van der Waals surface area contributed by atoms with E-state index < -0.39 is 0 Å². The minimum absolute atomic E-state index is 1.01. The molecule has 0 amide bonds. The van der Waals surface area contributed by atoms with E-state index in [2.05, 4.69) is 18.1 Å². The SMILES string of the molecule is C=C/C(C)=C(\C=C)c1ccnc(C)c1.CC. The fourth-order valence-corrected chi connectivity index (χ4v) is 1.33. The van der Waals surface area contributed by atoms with Gasteiger partial charge in [-0.15, -0.1) is 0 Å². The van der Waals surface area contributed by atoms with E-state index in [1.807, 2.05) is 58.2 Å². The maximum absolute atomic E-state index is 4.16. The number of allylic oxidation sites excluding steroid dienone is 4. The van der Waals surface area contributed by atoms with Crippen molar-refractivity contribution in [2.45, 2.75) is 27.7 Å². The Balaban J connectivity index is 0.00000106. The molecule has 0 atom stereocenters. The minimum atomic E-state index is 1.01. The lowest BCUT2D eigenvalue weighted by atomic mass is 10.0. The van der Waals surface area contributed by atoms with Crippen LogP contribution in [0.25, 0.3) is 5.57 Å². The second-order valence-electron chi connectivity index (χ2n) is 3.19. The molecule has 0 N–H and O–H groups in total. The van der Waals surface area contributed by atoms with Gasteiger partial charge in [-0.1, -0.05) is 39.2 Å². The lowest BCUT2D eigenvalue weighted by Crippen LogP contribution is -1.87. The highest BCUT2D eigenvalue weighted by atomic mass is 14.6. The van der Waals surface area contributed by atoms with E-state index in [-0.39, 0.29) is 0 Å². The van der Waals surface area contributed by atoms with E-state index in [0.717, 1.165) is 22.4 Å². The first kappa shape index (κ1) is 14.4. The molecule has 1 heterocycles. The lowest BCUT2D eigenvalue weighted by Gasteiger charge is -2.05. The standard InChI is InChI=1S/C13H15N.C2H6/c1-5-10(3)13(6-2)12-7-8-14-11(4)9-12;1-2/h5-9H,1-2H2,3-4H3;1-2H3/b13-10+;. The Morgan fingerprint density at radius 3 is 2.31 bits per heavy atom. The van der Waals surface area contributed by atoms with Gasteiger partial charge >= 0.3 is 0 Å². The monoisotopic (exact) mass is 215 g/mol. The Bertz CT molecular complexity index is 386. The molecule has 0 spiro atoms. The zero-order valence-electron chi connectivity index (χ0n) is 10.7. The van der Waals surface area contributed by atoms with Crippen LogP contribution in [0.15, 0.2) is 49.2 Å². The van der Waals surface area contributed by atoms with Gasteiger partial charge in [-0.05, 0) is 42.7 Å². The number of aromatic nitrogens is 1. The molecule has 0 aromatic carbocycles. The quantitative estimate of drug-likeness (QED) is 0.673. The fraction of sp³-hybridized carbons (Fsp3) is 0.267. The Morgan fingerprint density at radius 2 is 1.88 bits per heavy atom. The number of rotatable bonds is 3. The summed E-state index contributed by atoms with van der Waals surface area (Å²) in [7, 11) is 0. The molecule has 0 bridgehead atoms. The number of hydrogen-bond acceptors (Lipinski definition) is 1. The van der Waals surface area contributed by atoms with E-state index in [9.17, 15) is 0 Å². The summed E-state index contributed by atoms with van der Waals surface area (Å²) >= 11 is 0. The first-order chi connectivity index (χ1) is 7.69. The van der Waals surface area contributed by atoms with Gasteiger partial charge < -0.3 is 0 Å². The summed E-state index contributed by atoms with van der Waals surface area (Å²) in [4.78, 5) is 4.16. The molecule has 16 heavy (non-hydrogen) atoms. The molecular weight excluding hydrogens is 194 g/mol. The smallest absolute Gasteiger partial charge is 0.0378 e. The van der Waals surface area contributed by atoms with Crippen LogP contribution >= 0.6 is 0 Å². The van der Waals surface area contributed by atoms with Crippen molar-refractivity contribution in [2.24, 2.45) is 0 Å². The van der Waals surface area contributed by atoms with Crippen LogP contribution in [0.2, 0.25) is 0 Å². The van der Waals surface area contributed by atoms with Gasteiger partial charge in [0.25, 0.3) is 0 Å². The average molecular weight is 215 g/mol. The summed E-state index contributed by atoms with van der Waals surface area (Å²) in [5.74, 6) is 0. The molecular formula is C15H21N. The second kappa shape index (κ2) is 7.63. The maximum Gasteiger partial charge on any atom is 0.0378 e. The van der Waals surface area contributed by atoms with Crippen LogP contribution in [-0.4, -0.2) is 4.98 Å². The van der Waals surface area contributed by atoms with Crippen LogP contribution in [0.4, 0.5) is 0 Å². The molecule has 1 aromatic heterocycles. The van der Waals surface area contributed by atoms with E-state index >= 15 is 0 Å². The molecule has 0 saturated carbocycles. The summed E-state index contributed by atoms with van der Waals surface area (Å²) < 4.78 is 0. The summed E-state index contributed by atoms with van der Waals surface area (Å²) in [5.41, 5.74) is 4.40. The van der Waals surface area contributed by atoms with Crippen molar-refractivity contribution in [3.8, 4) is 0 Å². The van der Waals surface area contributed by atoms with E-state index in [4.69, 9.17) is 0 Å². The molecule has 0 fully saturated rings. The molecule has 86 valence electrons. The van der Waals surface area contributed by atoms with Crippen molar-refractivity contribution in [1.29, 1.82) is 0 Å². The predicted octanol–water partition coefficient (Wildman–Crippen LogP) is 4.56. The van der Waals surface area contributed by atoms with Gasteiger partial charge in [-0.25, -0.2) is 0 Å². The van der Waals surface area contributed by atoms with Crippen LogP contribution in [0.1, 0.15) is 32.0 Å². The van der Waals surface area contributed by atoms with Crippen LogP contribution in [0.5, 0.6) is 0 Å². The number of aryl methyl sites for hydroxylation is 1. The highest BCUT2D eigenvalue weighted by molar-refractivity contribution is 5.77. The van der Waals surface area contributed by atoms with E-state index in [0.29, 0.717) is 0 Å². The number of nitrogens with zero attached hydrogens (tertiary/aromatic N) is 1. The lowest BCUT2D eigenvalue weighted by molar-refractivity contribution is 1.19. The Morgan fingerprint density at radius 1 is 1.25 bits per heavy atom. The van der Waals surface area contributed by atoms with Crippen molar-refractivity contribution in [3.05, 3.63) is 60.5 Å². The van der Waals surface area contributed by atoms with Crippen LogP contribution in [0, 0.1) is 6.92 Å². The third-order valence-electron chi connectivity index (χ3n) is 2.14. The second-order valence-corrected chi connectivity index (χ2v) is 3.19. The molecule has 0 radical (unpaired) electrons. The van der Waals surface area contributed by atoms with Crippen molar-refractivity contribution in [1.82, 2.24) is 4.98 Å². The van der Waals surface area contributed by atoms with Gasteiger partial charge in [0.1, 0.15) is 0 Å². The molecule has 0 aliphatic heterocycles. The Hall–Kier alpha value is -1.63. The zero-order chi connectivity index (χ0) is 12.6. The predicted molar refractivity (Wildman–Crippen MR) is 73.3 cm³/mol. The maximum atomic E-state index is 4.16. The van der Waals surface area contributed by atoms with E-state index in [1.165, 1.54) is 0 Å². The molecule has 0 saturated heterocycles. The number of hydrogen-bond donors (Lipinski definition) is 0. The topological polar surface area (TPSA) is 12.9 Å². The summed E-state index contributed by atoms with van der Waals surface area (Å²) in [6.07, 6.45) is 5.50. The molecule has 1 nitrogen and oxygen atoms in total. The van der Waals surface area contributed by atoms with Crippen molar-refractivity contribution < 1.29 is 0 Å². The van der Waals surface area contributed by atoms with Gasteiger partial charge in [0.2, 0.25) is 0 Å². The molecule has 1 aromatic rings. The Labute approximate surface area is 99.2 Å². The van der Waals surface area contributed by atoms with Crippen molar-refractivity contribution in [2.75, 3.05) is 0 Å². The molecule has 1 heteroatoms. The highest BCUT2D eigenvalue weighted by Gasteiger charge is 2.00. The first-order valence-electron chi connectivity index (χ1n) is 5.58. The molecule has 0 aliphatic carbocycles. The van der Waals surface area contributed by atoms with Crippen LogP contribution in [-0.2, 0) is 0 Å². The van der Waals surface area contributed by atoms with Gasteiger partial charge in [0.05, 0.1) is 0 Å². The Kier molecular flexibility index (Phi) is 6.86. The molecule has 0 aliphatic rings. The zero-order valence-corrected chi connectivity index (χ0v) is 10.7. The number of pyridine rings is 1. The minimum Gasteiger partial charge on any atom is -0.262 e. The molecule has 0 unspecified atom stereocenters. The normalized spacial score (nSPS) is 10.8. The van der Waals surface area contributed by atoms with Gasteiger partial charge in [0.15, 0.2) is 0 Å².